The summed E-state index contributed by atoms with van der Waals surface area (Å²) in [4.78, 5) is 15.0. The van der Waals surface area contributed by atoms with Crippen LogP contribution in [0.25, 0.3) is 0 Å². The van der Waals surface area contributed by atoms with Crippen LogP contribution in [0.3, 0.4) is 0 Å². The van der Waals surface area contributed by atoms with E-state index in [2.05, 4.69) is 22.2 Å². The molecule has 7 heteroatoms. The molecule has 0 radical (unpaired) electrons. The van der Waals surface area contributed by atoms with Crippen LogP contribution in [0.1, 0.15) is 128 Å². The van der Waals surface area contributed by atoms with Crippen LogP contribution in [-0.4, -0.2) is 20.0 Å². The number of benzene rings is 2. The Balaban J connectivity index is 1.64. The molecule has 0 aliphatic carbocycles. The monoisotopic (exact) mass is 569 g/mol. The number of hydrogen-bond acceptors (Lipinski definition) is 4. The Labute approximate surface area is 243 Å². The zero-order valence-electron chi connectivity index (χ0n) is 25.0. The summed E-state index contributed by atoms with van der Waals surface area (Å²) in [6, 6.07) is 13.9. The van der Waals surface area contributed by atoms with Crippen molar-refractivity contribution in [2.75, 3.05) is 5.32 Å². The third-order valence-electron chi connectivity index (χ3n) is 7.26. The minimum absolute atomic E-state index is 0.0322. The summed E-state index contributed by atoms with van der Waals surface area (Å²) < 4.78 is 25.1. The molecule has 0 fully saturated rings. The quantitative estimate of drug-likeness (QED) is 0.0894. The molecule has 2 aromatic rings. The molecule has 0 saturated heterocycles. The topological polar surface area (TPSA) is 87.6 Å². The first-order chi connectivity index (χ1) is 19.3. The third-order valence-corrected chi connectivity index (χ3v) is 8.49. The maximum atomic E-state index is 12.6. The maximum Gasteiger partial charge on any atom is 0.276 e. The second-order valence-electron chi connectivity index (χ2n) is 10.9. The van der Waals surface area contributed by atoms with Gasteiger partial charge in [0.05, 0.1) is 10.6 Å². The standard InChI is InChI=1S/C33H51N3O3S/c1-4-5-6-7-8-9-10-11-12-13-14-15-16-17-18-23-33(37)34-32-22-20-19-21-31(32)29(3)35-36-40(38,39)30-26-24-28(2)25-27-30/h19-22,24-27,36H,4-18,23H2,1-3H3,(H,34,37)/b35-29-. The number of nitrogens with zero attached hydrogens (tertiary/aromatic N) is 1. The number of hydrazone groups is 1. The molecule has 0 aromatic heterocycles. The van der Waals surface area contributed by atoms with Gasteiger partial charge in [-0.2, -0.15) is 18.4 Å². The Bertz CT molecular complexity index is 1130. The van der Waals surface area contributed by atoms with Crippen LogP contribution in [0.15, 0.2) is 58.5 Å². The van der Waals surface area contributed by atoms with Gasteiger partial charge in [0.2, 0.25) is 5.91 Å². The van der Waals surface area contributed by atoms with Crippen LogP contribution >= 0.6 is 0 Å². The number of aryl methyl sites for hydroxylation is 1. The molecule has 0 unspecified atom stereocenters. The first-order valence-corrected chi connectivity index (χ1v) is 16.8. The molecule has 0 heterocycles. The molecular weight excluding hydrogens is 518 g/mol. The summed E-state index contributed by atoms with van der Waals surface area (Å²) in [5, 5.41) is 7.08. The van der Waals surface area contributed by atoms with Crippen LogP contribution in [0.5, 0.6) is 0 Å². The van der Waals surface area contributed by atoms with Crippen molar-refractivity contribution in [2.45, 2.75) is 128 Å². The van der Waals surface area contributed by atoms with Gasteiger partial charge in [0.25, 0.3) is 10.0 Å². The molecule has 222 valence electrons. The molecular formula is C33H51N3O3S. The van der Waals surface area contributed by atoms with Crippen LogP contribution in [0.4, 0.5) is 5.69 Å². The molecule has 6 nitrogen and oxygen atoms in total. The van der Waals surface area contributed by atoms with Gasteiger partial charge in [-0.15, -0.1) is 0 Å². The lowest BCUT2D eigenvalue weighted by Gasteiger charge is -2.11. The summed E-state index contributed by atoms with van der Waals surface area (Å²) in [7, 11) is -3.77. The van der Waals surface area contributed by atoms with E-state index in [9.17, 15) is 13.2 Å². The summed E-state index contributed by atoms with van der Waals surface area (Å²) in [6.07, 6.45) is 19.9. The van der Waals surface area contributed by atoms with Gasteiger partial charge in [-0.3, -0.25) is 4.79 Å². The number of carbonyl (C=O) groups excluding carboxylic acids is 1. The number of nitrogens with one attached hydrogen (secondary N) is 2. The van der Waals surface area contributed by atoms with Gasteiger partial charge in [0, 0.05) is 17.7 Å². The minimum atomic E-state index is -3.77. The van der Waals surface area contributed by atoms with Crippen LogP contribution < -0.4 is 10.1 Å². The molecule has 2 N–H and O–H groups in total. The van der Waals surface area contributed by atoms with Crippen molar-refractivity contribution in [1.29, 1.82) is 0 Å². The summed E-state index contributed by atoms with van der Waals surface area (Å²) in [6.45, 7) is 5.89. The first-order valence-electron chi connectivity index (χ1n) is 15.4. The van der Waals surface area contributed by atoms with Crippen LogP contribution in [-0.2, 0) is 14.8 Å². The van der Waals surface area contributed by atoms with Crippen molar-refractivity contribution in [3.63, 3.8) is 0 Å². The molecule has 0 spiro atoms. The Kier molecular flexibility index (Phi) is 16.3. The number of unbranched alkanes of at least 4 members (excludes halogenated alkanes) is 14. The molecule has 0 atom stereocenters. The molecule has 0 bridgehead atoms. The Morgan fingerprint density at radius 2 is 1.23 bits per heavy atom. The highest BCUT2D eigenvalue weighted by atomic mass is 32.2. The molecule has 0 aliphatic heterocycles. The number of para-hydroxylation sites is 1. The largest absolute Gasteiger partial charge is 0.325 e. The normalized spacial score (nSPS) is 11.9. The fourth-order valence-corrected chi connectivity index (χ4v) is 5.59. The van der Waals surface area contributed by atoms with Crippen molar-refractivity contribution < 1.29 is 13.2 Å². The van der Waals surface area contributed by atoms with Crippen LogP contribution in [0, 0.1) is 6.92 Å². The summed E-state index contributed by atoms with van der Waals surface area (Å²) >= 11 is 0. The Hall–Kier alpha value is -2.67. The predicted molar refractivity (Wildman–Crippen MR) is 168 cm³/mol. The molecule has 2 rings (SSSR count). The van der Waals surface area contributed by atoms with Gasteiger partial charge >= 0.3 is 0 Å². The summed E-state index contributed by atoms with van der Waals surface area (Å²) in [5.74, 6) is -0.0322. The number of sulfonamides is 1. The third kappa shape index (κ3) is 13.6. The van der Waals surface area contributed by atoms with E-state index in [0.717, 1.165) is 18.4 Å². The van der Waals surface area contributed by atoms with Crippen molar-refractivity contribution in [3.05, 3.63) is 59.7 Å². The molecule has 1 amide bonds. The van der Waals surface area contributed by atoms with E-state index in [1.54, 1.807) is 31.2 Å². The highest BCUT2D eigenvalue weighted by Crippen LogP contribution is 2.18. The molecule has 0 aliphatic rings. The average molecular weight is 570 g/mol. The van der Waals surface area contributed by atoms with E-state index in [4.69, 9.17) is 0 Å². The second kappa shape index (κ2) is 19.4. The van der Waals surface area contributed by atoms with E-state index in [1.807, 2.05) is 31.2 Å². The van der Waals surface area contributed by atoms with Gasteiger partial charge in [0.15, 0.2) is 0 Å². The highest BCUT2D eigenvalue weighted by molar-refractivity contribution is 7.89. The Morgan fingerprint density at radius 3 is 1.77 bits per heavy atom. The SMILES string of the molecule is CCCCCCCCCCCCCCCCCC(=O)Nc1ccccc1/C(C)=N\NS(=O)(=O)c1ccc(C)cc1. The zero-order chi connectivity index (χ0) is 29.1. The number of carbonyl (C=O) groups is 1. The van der Waals surface area contributed by atoms with E-state index in [1.165, 1.54) is 83.5 Å². The lowest BCUT2D eigenvalue weighted by molar-refractivity contribution is -0.116. The molecule has 2 aromatic carbocycles. The van der Waals surface area contributed by atoms with E-state index >= 15 is 0 Å². The van der Waals surface area contributed by atoms with Crippen molar-refractivity contribution in [2.24, 2.45) is 5.10 Å². The van der Waals surface area contributed by atoms with Crippen molar-refractivity contribution >= 4 is 27.3 Å². The number of hydrogen-bond donors (Lipinski definition) is 2. The second-order valence-corrected chi connectivity index (χ2v) is 12.6. The van der Waals surface area contributed by atoms with E-state index in [0.29, 0.717) is 23.4 Å². The highest BCUT2D eigenvalue weighted by Gasteiger charge is 2.14. The molecule has 40 heavy (non-hydrogen) atoms. The predicted octanol–water partition coefficient (Wildman–Crippen LogP) is 8.90. The van der Waals surface area contributed by atoms with Gasteiger partial charge < -0.3 is 5.32 Å². The van der Waals surface area contributed by atoms with Gasteiger partial charge in [-0.1, -0.05) is 133 Å². The van der Waals surface area contributed by atoms with Gasteiger partial charge in [-0.25, -0.2) is 0 Å². The maximum absolute atomic E-state index is 12.6. The summed E-state index contributed by atoms with van der Waals surface area (Å²) in [5.41, 5.74) is 2.76. The van der Waals surface area contributed by atoms with E-state index in [-0.39, 0.29) is 10.8 Å². The van der Waals surface area contributed by atoms with Crippen molar-refractivity contribution in [3.8, 4) is 0 Å². The minimum Gasteiger partial charge on any atom is -0.325 e. The van der Waals surface area contributed by atoms with Crippen molar-refractivity contribution in [1.82, 2.24) is 4.83 Å². The first kappa shape index (κ1) is 33.5. The fourth-order valence-electron chi connectivity index (χ4n) is 4.74. The number of anilines is 1. The fraction of sp³-hybridized carbons (Fsp3) is 0.576. The van der Waals surface area contributed by atoms with Crippen LogP contribution in [0.2, 0.25) is 0 Å². The van der Waals surface area contributed by atoms with Gasteiger partial charge in [-0.05, 0) is 38.5 Å². The average Bonchev–Trinajstić information content (AvgIpc) is 2.94. The lowest BCUT2D eigenvalue weighted by Crippen LogP contribution is -2.20. The van der Waals surface area contributed by atoms with Gasteiger partial charge in [0.1, 0.15) is 0 Å². The Morgan fingerprint density at radius 1 is 0.725 bits per heavy atom. The molecule has 0 saturated carbocycles. The number of amides is 1. The smallest absolute Gasteiger partial charge is 0.276 e. The lowest BCUT2D eigenvalue weighted by atomic mass is 10.0. The number of rotatable bonds is 21. The zero-order valence-corrected chi connectivity index (χ0v) is 25.8. The van der Waals surface area contributed by atoms with E-state index < -0.39 is 10.0 Å².